The first-order chi connectivity index (χ1) is 14.4. The SMILES string of the molecule is O=C(COc1cccc(C(F)(F)F)c1)NCCN1CCN(Cc2ccccc2)CC1. The predicted molar refractivity (Wildman–Crippen MR) is 108 cm³/mol. The fraction of sp³-hybridized carbons (Fsp3) is 0.409. The second kappa shape index (κ2) is 10.4. The number of rotatable bonds is 8. The van der Waals surface area contributed by atoms with Gasteiger partial charge in [-0.15, -0.1) is 0 Å². The first-order valence-corrected chi connectivity index (χ1v) is 9.95. The Hall–Kier alpha value is -2.58. The highest BCUT2D eigenvalue weighted by Crippen LogP contribution is 2.31. The van der Waals surface area contributed by atoms with E-state index in [2.05, 4.69) is 27.2 Å². The topological polar surface area (TPSA) is 44.8 Å². The van der Waals surface area contributed by atoms with Crippen molar-refractivity contribution in [1.29, 1.82) is 0 Å². The van der Waals surface area contributed by atoms with E-state index in [1.54, 1.807) is 0 Å². The molecule has 5 nitrogen and oxygen atoms in total. The van der Waals surface area contributed by atoms with Crippen molar-refractivity contribution in [3.63, 3.8) is 0 Å². The molecule has 1 fully saturated rings. The molecular formula is C22H26F3N3O2. The maximum absolute atomic E-state index is 12.7. The van der Waals surface area contributed by atoms with Gasteiger partial charge in [0.25, 0.3) is 5.91 Å². The molecule has 0 spiro atoms. The number of carbonyl (C=O) groups is 1. The largest absolute Gasteiger partial charge is 0.484 e. The standard InChI is InChI=1S/C22H26F3N3O2/c23-22(24,25)19-7-4-8-20(15-19)30-17-21(29)26-9-10-27-11-13-28(14-12-27)16-18-5-2-1-3-6-18/h1-8,15H,9-14,16-17H2,(H,26,29). The van der Waals surface area contributed by atoms with Crippen molar-refractivity contribution in [2.75, 3.05) is 45.9 Å². The monoisotopic (exact) mass is 421 g/mol. The van der Waals surface area contributed by atoms with Crippen LogP contribution in [0.3, 0.4) is 0 Å². The lowest BCUT2D eigenvalue weighted by Crippen LogP contribution is -2.48. The molecule has 3 rings (SSSR count). The van der Waals surface area contributed by atoms with Crippen LogP contribution in [0.5, 0.6) is 5.75 Å². The maximum atomic E-state index is 12.7. The van der Waals surface area contributed by atoms with E-state index in [0.717, 1.165) is 51.4 Å². The maximum Gasteiger partial charge on any atom is 0.416 e. The quantitative estimate of drug-likeness (QED) is 0.712. The van der Waals surface area contributed by atoms with E-state index >= 15 is 0 Å². The first-order valence-electron chi connectivity index (χ1n) is 9.95. The molecule has 1 aliphatic heterocycles. The third-order valence-electron chi connectivity index (χ3n) is 5.00. The van der Waals surface area contributed by atoms with E-state index < -0.39 is 11.7 Å². The molecule has 1 N–H and O–H groups in total. The Balaban J connectivity index is 1.31. The Kier molecular flexibility index (Phi) is 7.70. The number of halogens is 3. The van der Waals surface area contributed by atoms with E-state index in [9.17, 15) is 18.0 Å². The van der Waals surface area contributed by atoms with Gasteiger partial charge in [0.2, 0.25) is 0 Å². The van der Waals surface area contributed by atoms with Crippen LogP contribution in [0, 0.1) is 0 Å². The fourth-order valence-electron chi connectivity index (χ4n) is 3.33. The lowest BCUT2D eigenvalue weighted by Gasteiger charge is -2.34. The van der Waals surface area contributed by atoms with Crippen LogP contribution in [-0.4, -0.2) is 61.6 Å². The van der Waals surface area contributed by atoms with E-state index in [-0.39, 0.29) is 18.3 Å². The van der Waals surface area contributed by atoms with E-state index in [1.807, 2.05) is 18.2 Å². The van der Waals surface area contributed by atoms with Gasteiger partial charge in [0, 0.05) is 45.8 Å². The third kappa shape index (κ3) is 7.03. The molecule has 2 aromatic carbocycles. The highest BCUT2D eigenvalue weighted by Gasteiger charge is 2.30. The van der Waals surface area contributed by atoms with Gasteiger partial charge in [-0.1, -0.05) is 36.4 Å². The minimum Gasteiger partial charge on any atom is -0.484 e. The van der Waals surface area contributed by atoms with Crippen molar-refractivity contribution in [3.8, 4) is 5.75 Å². The van der Waals surface area contributed by atoms with Gasteiger partial charge in [0.15, 0.2) is 6.61 Å². The number of ether oxygens (including phenoxy) is 1. The lowest BCUT2D eigenvalue weighted by atomic mass is 10.2. The Morgan fingerprint density at radius 3 is 2.37 bits per heavy atom. The van der Waals surface area contributed by atoms with E-state index in [4.69, 9.17) is 4.74 Å². The van der Waals surface area contributed by atoms with E-state index in [1.165, 1.54) is 17.7 Å². The fourth-order valence-corrected chi connectivity index (χ4v) is 3.33. The molecule has 0 unspecified atom stereocenters. The average Bonchev–Trinajstić information content (AvgIpc) is 2.74. The van der Waals surface area contributed by atoms with Crippen molar-refractivity contribution in [1.82, 2.24) is 15.1 Å². The van der Waals surface area contributed by atoms with Crippen molar-refractivity contribution in [2.24, 2.45) is 0 Å². The average molecular weight is 421 g/mol. The van der Waals surface area contributed by atoms with Crippen LogP contribution >= 0.6 is 0 Å². The highest BCUT2D eigenvalue weighted by atomic mass is 19.4. The summed E-state index contributed by atoms with van der Waals surface area (Å²) in [6.45, 7) is 5.65. The molecule has 1 amide bonds. The Morgan fingerprint density at radius 2 is 1.67 bits per heavy atom. The molecule has 0 radical (unpaired) electrons. The summed E-state index contributed by atoms with van der Waals surface area (Å²) in [5.41, 5.74) is 0.505. The smallest absolute Gasteiger partial charge is 0.416 e. The minimum atomic E-state index is -4.44. The molecule has 0 aliphatic carbocycles. The second-order valence-corrected chi connectivity index (χ2v) is 7.27. The number of alkyl halides is 3. The second-order valence-electron chi connectivity index (χ2n) is 7.27. The molecule has 1 aliphatic rings. The Morgan fingerprint density at radius 1 is 0.967 bits per heavy atom. The summed E-state index contributed by atoms with van der Waals surface area (Å²) in [5, 5.41) is 2.75. The molecule has 0 bridgehead atoms. The molecule has 8 heteroatoms. The zero-order chi connectivity index (χ0) is 21.4. The molecule has 0 atom stereocenters. The van der Waals surface area contributed by atoms with Gasteiger partial charge in [-0.2, -0.15) is 13.2 Å². The molecule has 162 valence electrons. The molecule has 2 aromatic rings. The zero-order valence-electron chi connectivity index (χ0n) is 16.7. The number of hydrogen-bond acceptors (Lipinski definition) is 4. The van der Waals surface area contributed by atoms with Crippen molar-refractivity contribution in [2.45, 2.75) is 12.7 Å². The van der Waals surface area contributed by atoms with Crippen LogP contribution in [0.4, 0.5) is 13.2 Å². The van der Waals surface area contributed by atoms with Gasteiger partial charge in [-0.3, -0.25) is 14.6 Å². The van der Waals surface area contributed by atoms with Gasteiger partial charge in [0.1, 0.15) is 5.75 Å². The van der Waals surface area contributed by atoms with Crippen molar-refractivity contribution >= 4 is 5.91 Å². The van der Waals surface area contributed by atoms with Gasteiger partial charge < -0.3 is 10.1 Å². The van der Waals surface area contributed by atoms with Crippen molar-refractivity contribution < 1.29 is 22.7 Å². The zero-order valence-corrected chi connectivity index (χ0v) is 16.7. The molecule has 1 saturated heterocycles. The molecular weight excluding hydrogens is 395 g/mol. The summed E-state index contributed by atoms with van der Waals surface area (Å²) in [4.78, 5) is 16.6. The summed E-state index contributed by atoms with van der Waals surface area (Å²) < 4.78 is 43.3. The van der Waals surface area contributed by atoms with Crippen LogP contribution in [0.25, 0.3) is 0 Å². The number of benzene rings is 2. The lowest BCUT2D eigenvalue weighted by molar-refractivity contribution is -0.137. The predicted octanol–water partition coefficient (Wildman–Crippen LogP) is 3.02. The number of hydrogen-bond donors (Lipinski definition) is 1. The van der Waals surface area contributed by atoms with Gasteiger partial charge in [-0.25, -0.2) is 0 Å². The highest BCUT2D eigenvalue weighted by molar-refractivity contribution is 5.77. The van der Waals surface area contributed by atoms with Gasteiger partial charge in [0.05, 0.1) is 5.56 Å². The summed E-state index contributed by atoms with van der Waals surface area (Å²) in [6, 6.07) is 14.9. The Labute approximate surface area is 174 Å². The Bertz CT molecular complexity index is 807. The van der Waals surface area contributed by atoms with Crippen LogP contribution in [0.2, 0.25) is 0 Å². The molecule has 0 aromatic heterocycles. The molecule has 0 saturated carbocycles. The minimum absolute atomic E-state index is 0.0227. The molecule has 30 heavy (non-hydrogen) atoms. The van der Waals surface area contributed by atoms with Crippen LogP contribution in [0.15, 0.2) is 54.6 Å². The summed E-state index contributed by atoms with van der Waals surface area (Å²) in [6.07, 6.45) is -4.44. The van der Waals surface area contributed by atoms with Gasteiger partial charge >= 0.3 is 6.18 Å². The number of amides is 1. The summed E-state index contributed by atoms with van der Waals surface area (Å²) in [5.74, 6) is -0.329. The number of carbonyl (C=O) groups excluding carboxylic acids is 1. The number of piperazine rings is 1. The molecule has 1 heterocycles. The van der Waals surface area contributed by atoms with Crippen molar-refractivity contribution in [3.05, 3.63) is 65.7 Å². The van der Waals surface area contributed by atoms with Crippen LogP contribution in [-0.2, 0) is 17.5 Å². The van der Waals surface area contributed by atoms with E-state index in [0.29, 0.717) is 6.54 Å². The normalized spacial score (nSPS) is 15.7. The van der Waals surface area contributed by atoms with Gasteiger partial charge in [-0.05, 0) is 23.8 Å². The summed E-state index contributed by atoms with van der Waals surface area (Å²) in [7, 11) is 0. The van der Waals surface area contributed by atoms with Crippen LogP contribution in [0.1, 0.15) is 11.1 Å². The third-order valence-corrected chi connectivity index (χ3v) is 5.00. The summed E-state index contributed by atoms with van der Waals surface area (Å²) >= 11 is 0. The number of nitrogens with one attached hydrogen (secondary N) is 1. The van der Waals surface area contributed by atoms with Crippen LogP contribution < -0.4 is 10.1 Å². The first kappa shape index (κ1) is 22.1. The number of nitrogens with zero attached hydrogens (tertiary/aromatic N) is 2.